The lowest BCUT2D eigenvalue weighted by molar-refractivity contribution is -0.144. The van der Waals surface area contributed by atoms with Crippen molar-refractivity contribution >= 4 is 41.0 Å². The normalized spacial score (nSPS) is 10.2. The van der Waals surface area contributed by atoms with Gasteiger partial charge in [0, 0.05) is 24.3 Å². The largest absolute Gasteiger partial charge is 0.465 e. The maximum absolute atomic E-state index is 11.9. The summed E-state index contributed by atoms with van der Waals surface area (Å²) in [5.41, 5.74) is 2.17. The van der Waals surface area contributed by atoms with Crippen LogP contribution in [0.5, 0.6) is 0 Å². The first-order valence-corrected chi connectivity index (χ1v) is 10.6. The lowest BCUT2D eigenvalue weighted by Crippen LogP contribution is -2.39. The van der Waals surface area contributed by atoms with E-state index in [1.807, 2.05) is 60.9 Å². The molecule has 7 heteroatoms. The predicted molar refractivity (Wildman–Crippen MR) is 116 cm³/mol. The van der Waals surface area contributed by atoms with Gasteiger partial charge < -0.3 is 15.4 Å². The molecule has 0 heterocycles. The van der Waals surface area contributed by atoms with Crippen molar-refractivity contribution in [2.75, 3.05) is 12.9 Å². The molecule has 0 aromatic heterocycles. The molecule has 0 aliphatic heterocycles. The van der Waals surface area contributed by atoms with Crippen molar-refractivity contribution in [3.63, 3.8) is 0 Å². The zero-order valence-corrected chi connectivity index (χ0v) is 17.4. The lowest BCUT2D eigenvalue weighted by atomic mass is 10.2. The number of carbonyl (C=O) groups is 2. The molecule has 28 heavy (non-hydrogen) atoms. The number of nitrogens with one attached hydrogen (secondary N) is 2. The molecule has 0 bridgehead atoms. The molecule has 0 aliphatic rings. The van der Waals surface area contributed by atoms with Gasteiger partial charge in [0.25, 0.3) is 0 Å². The molecule has 0 saturated carbocycles. The van der Waals surface area contributed by atoms with Gasteiger partial charge >= 0.3 is 5.97 Å². The van der Waals surface area contributed by atoms with Gasteiger partial charge in [-0.05, 0) is 41.7 Å². The van der Waals surface area contributed by atoms with Crippen LogP contribution in [-0.4, -0.2) is 29.9 Å². The highest BCUT2D eigenvalue weighted by Crippen LogP contribution is 2.14. The van der Waals surface area contributed by atoms with Crippen LogP contribution in [-0.2, 0) is 27.3 Å². The highest BCUT2D eigenvalue weighted by Gasteiger charge is 2.09. The van der Waals surface area contributed by atoms with Crippen molar-refractivity contribution in [1.29, 1.82) is 0 Å². The topological polar surface area (TPSA) is 67.4 Å². The SMILES string of the molecule is CSc1ccc(CNC(=S)NC(=O)CCC(=O)OCCc2ccccc2)cc1. The lowest BCUT2D eigenvalue weighted by Gasteiger charge is -2.10. The minimum absolute atomic E-state index is 0.0272. The summed E-state index contributed by atoms with van der Waals surface area (Å²) < 4.78 is 5.16. The third-order valence-electron chi connectivity index (χ3n) is 3.92. The second kappa shape index (κ2) is 12.2. The summed E-state index contributed by atoms with van der Waals surface area (Å²) in [4.78, 5) is 24.8. The molecule has 0 spiro atoms. The summed E-state index contributed by atoms with van der Waals surface area (Å²) in [6.07, 6.45) is 2.75. The van der Waals surface area contributed by atoms with Crippen LogP contribution in [0.25, 0.3) is 0 Å². The molecule has 5 nitrogen and oxygen atoms in total. The number of rotatable bonds is 9. The second-order valence-corrected chi connectivity index (χ2v) is 7.32. The Kier molecular flexibility index (Phi) is 9.51. The number of esters is 1. The van der Waals surface area contributed by atoms with Crippen molar-refractivity contribution in [2.45, 2.75) is 30.7 Å². The first-order valence-electron chi connectivity index (χ1n) is 8.97. The third kappa shape index (κ3) is 8.54. The predicted octanol–water partition coefficient (Wildman–Crippen LogP) is 3.47. The van der Waals surface area contributed by atoms with Crippen molar-refractivity contribution in [3.8, 4) is 0 Å². The molecule has 0 saturated heterocycles. The number of amides is 1. The Bertz CT molecular complexity index is 780. The van der Waals surface area contributed by atoms with E-state index >= 15 is 0 Å². The summed E-state index contributed by atoms with van der Waals surface area (Å²) in [6, 6.07) is 17.9. The number of thiocarbonyl (C=S) groups is 1. The standard InChI is InChI=1S/C21H24N2O3S2/c1-28-18-9-7-17(8-10-18)15-22-21(27)23-19(24)11-12-20(25)26-14-13-16-5-3-2-4-6-16/h2-10H,11-15H2,1H3,(H2,22,23,24,27). The highest BCUT2D eigenvalue weighted by molar-refractivity contribution is 7.98. The first-order chi connectivity index (χ1) is 13.6. The Morgan fingerprint density at radius 2 is 1.71 bits per heavy atom. The summed E-state index contributed by atoms with van der Waals surface area (Å²) in [5, 5.41) is 5.81. The fraction of sp³-hybridized carbons (Fsp3) is 0.286. The Labute approximate surface area is 175 Å². The summed E-state index contributed by atoms with van der Waals surface area (Å²) in [7, 11) is 0. The Balaban J connectivity index is 1.58. The van der Waals surface area contributed by atoms with Crippen molar-refractivity contribution in [2.24, 2.45) is 0 Å². The van der Waals surface area contributed by atoms with Gasteiger partial charge in [-0.2, -0.15) is 0 Å². The Morgan fingerprint density at radius 3 is 2.39 bits per heavy atom. The minimum atomic E-state index is -0.390. The van der Waals surface area contributed by atoms with E-state index in [0.717, 1.165) is 11.1 Å². The first kappa shape index (κ1) is 21.9. The van der Waals surface area contributed by atoms with Crippen LogP contribution in [0, 0.1) is 0 Å². The zero-order valence-electron chi connectivity index (χ0n) is 15.8. The van der Waals surface area contributed by atoms with E-state index < -0.39 is 0 Å². The minimum Gasteiger partial charge on any atom is -0.465 e. The van der Waals surface area contributed by atoms with Crippen LogP contribution < -0.4 is 10.6 Å². The number of hydrogen-bond acceptors (Lipinski definition) is 5. The molecule has 0 radical (unpaired) electrons. The van der Waals surface area contributed by atoms with Crippen LogP contribution in [0.4, 0.5) is 0 Å². The van der Waals surface area contributed by atoms with Gasteiger partial charge in [-0.3, -0.25) is 9.59 Å². The third-order valence-corrected chi connectivity index (χ3v) is 4.91. The van der Waals surface area contributed by atoms with Gasteiger partial charge in [0.05, 0.1) is 13.0 Å². The molecule has 2 aromatic carbocycles. The molecule has 1 amide bonds. The van der Waals surface area contributed by atoms with Crippen molar-refractivity contribution in [1.82, 2.24) is 10.6 Å². The molecule has 2 rings (SSSR count). The highest BCUT2D eigenvalue weighted by atomic mass is 32.2. The van der Waals surface area contributed by atoms with E-state index in [2.05, 4.69) is 10.6 Å². The van der Waals surface area contributed by atoms with Crippen LogP contribution in [0.1, 0.15) is 24.0 Å². The second-order valence-electron chi connectivity index (χ2n) is 6.03. The Hall–Kier alpha value is -2.38. The molecule has 148 valence electrons. The number of hydrogen-bond donors (Lipinski definition) is 2. The van der Waals surface area contributed by atoms with Gasteiger partial charge in [-0.25, -0.2) is 0 Å². The fourth-order valence-corrected chi connectivity index (χ4v) is 2.97. The smallest absolute Gasteiger partial charge is 0.306 e. The summed E-state index contributed by atoms with van der Waals surface area (Å²) in [6.45, 7) is 0.828. The van der Waals surface area contributed by atoms with Gasteiger partial charge in [0.1, 0.15) is 0 Å². The number of ether oxygens (including phenoxy) is 1. The molecular weight excluding hydrogens is 392 g/mol. The van der Waals surface area contributed by atoms with Gasteiger partial charge in [-0.1, -0.05) is 42.5 Å². The monoisotopic (exact) mass is 416 g/mol. The maximum Gasteiger partial charge on any atom is 0.306 e. The fourth-order valence-electron chi connectivity index (χ4n) is 2.37. The molecule has 0 unspecified atom stereocenters. The molecular formula is C21H24N2O3S2. The van der Waals surface area contributed by atoms with Crippen LogP contribution in [0.2, 0.25) is 0 Å². The van der Waals surface area contributed by atoms with Gasteiger partial charge in [0.15, 0.2) is 5.11 Å². The van der Waals surface area contributed by atoms with E-state index in [9.17, 15) is 9.59 Å². The molecule has 0 aliphatic carbocycles. The van der Waals surface area contributed by atoms with Crippen molar-refractivity contribution < 1.29 is 14.3 Å². The molecule has 0 fully saturated rings. The number of benzene rings is 2. The van der Waals surface area contributed by atoms with Crippen LogP contribution in [0.15, 0.2) is 59.5 Å². The van der Waals surface area contributed by atoms with Gasteiger partial charge in [0.2, 0.25) is 5.91 Å². The summed E-state index contributed by atoms with van der Waals surface area (Å²) in [5.74, 6) is -0.700. The maximum atomic E-state index is 11.9. The van der Waals surface area contributed by atoms with E-state index in [-0.39, 0.29) is 29.8 Å². The number of thioether (sulfide) groups is 1. The quantitative estimate of drug-likeness (QED) is 0.371. The van der Waals surface area contributed by atoms with E-state index in [1.165, 1.54) is 4.90 Å². The van der Waals surface area contributed by atoms with Crippen molar-refractivity contribution in [3.05, 3.63) is 65.7 Å². The molecule has 2 N–H and O–H groups in total. The average Bonchev–Trinajstić information content (AvgIpc) is 2.72. The Morgan fingerprint density at radius 1 is 1.00 bits per heavy atom. The van der Waals surface area contributed by atoms with E-state index in [0.29, 0.717) is 19.6 Å². The number of carbonyl (C=O) groups excluding carboxylic acids is 2. The zero-order chi connectivity index (χ0) is 20.2. The van der Waals surface area contributed by atoms with E-state index in [4.69, 9.17) is 17.0 Å². The molecule has 2 aromatic rings. The van der Waals surface area contributed by atoms with Gasteiger partial charge in [-0.15, -0.1) is 11.8 Å². The average molecular weight is 417 g/mol. The van der Waals surface area contributed by atoms with Crippen LogP contribution in [0.3, 0.4) is 0 Å². The van der Waals surface area contributed by atoms with Crippen LogP contribution >= 0.6 is 24.0 Å². The molecule has 0 atom stereocenters. The van der Waals surface area contributed by atoms with E-state index in [1.54, 1.807) is 11.8 Å². The summed E-state index contributed by atoms with van der Waals surface area (Å²) >= 11 is 6.80.